The number of hydrogen-bond donors (Lipinski definition) is 2. The van der Waals surface area contributed by atoms with Gasteiger partial charge in [-0.1, -0.05) is 27.7 Å². The van der Waals surface area contributed by atoms with Gasteiger partial charge in [-0.15, -0.1) is 0 Å². The van der Waals surface area contributed by atoms with Gasteiger partial charge < -0.3 is 24.1 Å². The summed E-state index contributed by atoms with van der Waals surface area (Å²) < 4.78 is 17.6. The Morgan fingerprint density at radius 2 is 1.87 bits per heavy atom. The Hall–Kier alpha value is 0.0169. The van der Waals surface area contributed by atoms with Gasteiger partial charge in [0.25, 0.3) is 0 Å². The van der Waals surface area contributed by atoms with Gasteiger partial charge >= 0.3 is 0 Å². The molecule has 0 aromatic rings. The van der Waals surface area contributed by atoms with Gasteiger partial charge in [0.05, 0.1) is 25.4 Å². The van der Waals surface area contributed by atoms with Crippen LogP contribution in [0.2, 0.25) is 18.1 Å². The second-order valence-electron chi connectivity index (χ2n) is 8.73. The second kappa shape index (κ2) is 7.50. The number of hydrogen-bond acceptors (Lipinski definition) is 5. The summed E-state index contributed by atoms with van der Waals surface area (Å²) in [5, 5.41) is 20.4. The van der Waals surface area contributed by atoms with Gasteiger partial charge in [0.2, 0.25) is 0 Å². The summed E-state index contributed by atoms with van der Waals surface area (Å²) >= 11 is 0. The van der Waals surface area contributed by atoms with Crippen molar-refractivity contribution in [1.82, 2.24) is 0 Å². The lowest BCUT2D eigenvalue weighted by atomic mass is 9.89. The van der Waals surface area contributed by atoms with Crippen LogP contribution >= 0.6 is 0 Å². The summed E-state index contributed by atoms with van der Waals surface area (Å²) in [6.07, 6.45) is -0.853. The molecule has 0 amide bonds. The van der Waals surface area contributed by atoms with Crippen LogP contribution in [-0.2, 0) is 13.9 Å². The van der Waals surface area contributed by atoms with Crippen molar-refractivity contribution >= 4 is 8.32 Å². The summed E-state index contributed by atoms with van der Waals surface area (Å²) in [4.78, 5) is 0. The zero-order valence-corrected chi connectivity index (χ0v) is 17.0. The predicted octanol–water partition coefficient (Wildman–Crippen LogP) is 2.77. The van der Waals surface area contributed by atoms with Crippen LogP contribution < -0.4 is 0 Å². The van der Waals surface area contributed by atoms with Crippen LogP contribution in [-0.4, -0.2) is 56.3 Å². The SMILES string of the molecule is C[C@H]([C@H](O)[C@@H](CO)CO[Si](C)(C)C(C)(C)C)[C@@H]1COC(C)(C)O1. The van der Waals surface area contributed by atoms with Crippen LogP contribution in [0.4, 0.5) is 0 Å². The monoisotopic (exact) mass is 348 g/mol. The molecule has 23 heavy (non-hydrogen) atoms. The van der Waals surface area contributed by atoms with E-state index >= 15 is 0 Å². The molecule has 138 valence electrons. The first-order valence-corrected chi connectivity index (χ1v) is 11.5. The molecular formula is C17H36O5Si. The van der Waals surface area contributed by atoms with Crippen molar-refractivity contribution < 1.29 is 24.1 Å². The molecule has 1 aliphatic heterocycles. The van der Waals surface area contributed by atoms with E-state index in [1.54, 1.807) is 0 Å². The van der Waals surface area contributed by atoms with E-state index in [-0.39, 0.29) is 29.6 Å². The van der Waals surface area contributed by atoms with Crippen LogP contribution in [0.25, 0.3) is 0 Å². The Morgan fingerprint density at radius 3 is 2.26 bits per heavy atom. The quantitative estimate of drug-likeness (QED) is 0.693. The van der Waals surface area contributed by atoms with E-state index in [0.29, 0.717) is 13.2 Å². The minimum absolute atomic E-state index is 0.100. The Balaban J connectivity index is 2.63. The Bertz CT molecular complexity index is 378. The number of aliphatic hydroxyl groups is 2. The summed E-state index contributed by atoms with van der Waals surface area (Å²) in [6.45, 7) is 17.3. The molecule has 1 heterocycles. The lowest BCUT2D eigenvalue weighted by Crippen LogP contribution is -2.45. The van der Waals surface area contributed by atoms with Crippen LogP contribution in [0.1, 0.15) is 41.5 Å². The van der Waals surface area contributed by atoms with E-state index in [0.717, 1.165) is 0 Å². The summed E-state index contributed by atoms with van der Waals surface area (Å²) in [5.41, 5.74) is 0. The maximum atomic E-state index is 10.6. The lowest BCUT2D eigenvalue weighted by molar-refractivity contribution is -0.151. The maximum absolute atomic E-state index is 10.6. The van der Waals surface area contributed by atoms with E-state index in [2.05, 4.69) is 33.9 Å². The summed E-state index contributed by atoms with van der Waals surface area (Å²) in [7, 11) is -1.90. The minimum Gasteiger partial charge on any atom is -0.416 e. The molecule has 0 bridgehead atoms. The molecule has 5 nitrogen and oxygen atoms in total. The molecule has 1 aliphatic rings. The summed E-state index contributed by atoms with van der Waals surface area (Å²) in [5.74, 6) is -1.05. The molecule has 2 N–H and O–H groups in total. The molecule has 0 unspecified atom stereocenters. The molecule has 0 aromatic heterocycles. The van der Waals surface area contributed by atoms with Crippen molar-refractivity contribution in [2.45, 2.75) is 77.7 Å². The first-order chi connectivity index (χ1) is 10.3. The minimum atomic E-state index is -1.90. The van der Waals surface area contributed by atoms with Gasteiger partial charge in [-0.2, -0.15) is 0 Å². The molecular weight excluding hydrogens is 312 g/mol. The molecule has 1 rings (SSSR count). The van der Waals surface area contributed by atoms with Crippen LogP contribution in [0.5, 0.6) is 0 Å². The molecule has 1 saturated heterocycles. The largest absolute Gasteiger partial charge is 0.416 e. The first-order valence-electron chi connectivity index (χ1n) is 8.55. The predicted molar refractivity (Wildman–Crippen MR) is 93.8 cm³/mol. The van der Waals surface area contributed by atoms with Crippen molar-refractivity contribution in [1.29, 1.82) is 0 Å². The second-order valence-corrected chi connectivity index (χ2v) is 13.5. The van der Waals surface area contributed by atoms with Gasteiger partial charge in [-0.05, 0) is 32.0 Å². The van der Waals surface area contributed by atoms with Crippen LogP contribution in [0, 0.1) is 11.8 Å². The smallest absolute Gasteiger partial charge is 0.191 e. The highest BCUT2D eigenvalue weighted by molar-refractivity contribution is 6.74. The molecule has 6 heteroatoms. The third kappa shape index (κ3) is 5.51. The average Bonchev–Trinajstić information content (AvgIpc) is 2.77. The van der Waals surface area contributed by atoms with Crippen molar-refractivity contribution in [3.8, 4) is 0 Å². The topological polar surface area (TPSA) is 68.2 Å². The highest BCUT2D eigenvalue weighted by atomic mass is 28.4. The van der Waals surface area contributed by atoms with Crippen molar-refractivity contribution in [2.24, 2.45) is 11.8 Å². The number of ether oxygens (including phenoxy) is 2. The third-order valence-electron chi connectivity index (χ3n) is 5.34. The lowest BCUT2D eigenvalue weighted by Gasteiger charge is -2.38. The molecule has 1 fully saturated rings. The van der Waals surface area contributed by atoms with Gasteiger partial charge in [0.15, 0.2) is 14.1 Å². The van der Waals surface area contributed by atoms with E-state index < -0.39 is 20.2 Å². The van der Waals surface area contributed by atoms with Gasteiger partial charge in [0, 0.05) is 18.4 Å². The molecule has 0 aliphatic carbocycles. The summed E-state index contributed by atoms with van der Waals surface area (Å²) in [6, 6.07) is 0. The van der Waals surface area contributed by atoms with Crippen molar-refractivity contribution in [3.63, 3.8) is 0 Å². The average molecular weight is 349 g/mol. The Morgan fingerprint density at radius 1 is 1.30 bits per heavy atom. The normalized spacial score (nSPS) is 26.1. The molecule has 0 saturated carbocycles. The maximum Gasteiger partial charge on any atom is 0.191 e. The number of aliphatic hydroxyl groups excluding tert-OH is 2. The fraction of sp³-hybridized carbons (Fsp3) is 1.00. The molecule has 0 radical (unpaired) electrons. The van der Waals surface area contributed by atoms with E-state index in [9.17, 15) is 10.2 Å². The number of rotatable bonds is 7. The van der Waals surface area contributed by atoms with E-state index in [4.69, 9.17) is 13.9 Å². The van der Waals surface area contributed by atoms with Gasteiger partial charge in [-0.3, -0.25) is 0 Å². The Labute approximate surface area is 142 Å². The van der Waals surface area contributed by atoms with Crippen LogP contribution in [0.15, 0.2) is 0 Å². The fourth-order valence-corrected chi connectivity index (χ4v) is 3.48. The molecule has 0 spiro atoms. The highest BCUT2D eigenvalue weighted by Crippen LogP contribution is 2.37. The first kappa shape index (κ1) is 21.1. The van der Waals surface area contributed by atoms with Crippen LogP contribution in [0.3, 0.4) is 0 Å². The zero-order chi connectivity index (χ0) is 18.1. The highest BCUT2D eigenvalue weighted by Gasteiger charge is 2.41. The Kier molecular flexibility index (Phi) is 6.86. The van der Waals surface area contributed by atoms with E-state index in [1.165, 1.54) is 0 Å². The van der Waals surface area contributed by atoms with Crippen molar-refractivity contribution in [2.75, 3.05) is 19.8 Å². The molecule has 4 atom stereocenters. The van der Waals surface area contributed by atoms with E-state index in [1.807, 2.05) is 20.8 Å². The van der Waals surface area contributed by atoms with Gasteiger partial charge in [-0.25, -0.2) is 0 Å². The standard InChI is InChI=1S/C17H36O5Si/c1-12(14-11-20-17(5,6)22-14)15(19)13(9-18)10-21-23(7,8)16(2,3)4/h12-15,18-19H,9-11H2,1-8H3/t12-,13-,14-,15-/m0/s1. The third-order valence-corrected chi connectivity index (χ3v) is 9.84. The van der Waals surface area contributed by atoms with Crippen molar-refractivity contribution in [3.05, 3.63) is 0 Å². The van der Waals surface area contributed by atoms with Gasteiger partial charge in [0.1, 0.15) is 0 Å². The molecule has 0 aromatic carbocycles. The fourth-order valence-electron chi connectivity index (χ4n) is 2.41. The zero-order valence-electron chi connectivity index (χ0n) is 16.0.